The predicted molar refractivity (Wildman–Crippen MR) is 8.32 cm³/mol. The van der Waals surface area contributed by atoms with Crippen LogP contribution in [0.4, 0.5) is 0 Å². The maximum Gasteiger partial charge on any atom is 1.00 e. The Balaban J connectivity index is 0. The summed E-state index contributed by atoms with van der Waals surface area (Å²) in [5, 5.41) is 6.76. The van der Waals surface area contributed by atoms with Crippen molar-refractivity contribution < 1.29 is 59.8 Å². The van der Waals surface area contributed by atoms with E-state index >= 15 is 0 Å². The zero-order valence-electron chi connectivity index (χ0n) is 2.36. The summed E-state index contributed by atoms with van der Waals surface area (Å²) in [7, 11) is 0. The molecule has 0 amide bonds. The van der Waals surface area contributed by atoms with Crippen molar-refractivity contribution in [3.05, 3.63) is 0 Å². The van der Waals surface area contributed by atoms with Gasteiger partial charge in [-0.3, -0.25) is 0 Å². The Hall–Kier alpha value is 1.07. The fourth-order valence-corrected chi connectivity index (χ4v) is 0. The zero-order chi connectivity index (χ0) is 2.71. The Morgan fingerprint density at radius 1 is 1.75 bits per heavy atom. The molecule has 1 N–H and O–H groups in total. The van der Waals surface area contributed by atoms with Crippen LogP contribution in [0.15, 0.2) is 0 Å². The van der Waals surface area contributed by atoms with E-state index in [4.69, 9.17) is 9.90 Å². The molecule has 0 unspecified atom stereocenters. The van der Waals surface area contributed by atoms with Gasteiger partial charge in [-0.2, -0.15) is 0 Å². The maximum atomic E-state index is 8.24. The molecule has 0 aliphatic rings. The van der Waals surface area contributed by atoms with E-state index < -0.39 is 0 Å². The van der Waals surface area contributed by atoms with Crippen molar-refractivity contribution in [3.8, 4) is 0 Å². The summed E-state index contributed by atoms with van der Waals surface area (Å²) in [5.74, 6) is 0. The van der Waals surface area contributed by atoms with Crippen molar-refractivity contribution in [2.24, 2.45) is 0 Å². The molecule has 0 radical (unpaired) electrons. The van der Waals surface area contributed by atoms with Crippen LogP contribution >= 0.6 is 0 Å². The molecule has 0 aromatic carbocycles. The minimum absolute atomic E-state index is 0. The largest absolute Gasteiger partial charge is 1.00 e. The van der Waals surface area contributed by atoms with E-state index in [1.807, 2.05) is 0 Å². The zero-order valence-corrected chi connectivity index (χ0v) is 10.6. The average molecular weight is 268 g/mol. The molecule has 0 rings (SSSR count). The van der Waals surface area contributed by atoms with E-state index in [9.17, 15) is 0 Å². The van der Waals surface area contributed by atoms with Crippen LogP contribution in [0.1, 0.15) is 0 Å². The molecule has 0 saturated carbocycles. The van der Waals surface area contributed by atoms with Crippen LogP contribution in [-0.2, 0) is 4.79 Å². The van der Waals surface area contributed by atoms with Crippen LogP contribution in [0.3, 0.4) is 0 Å². The Morgan fingerprint density at radius 2 is 1.75 bits per heavy atom. The van der Waals surface area contributed by atoms with Gasteiger partial charge in [-0.05, 0) is 0 Å². The predicted octanol–water partition coefficient (Wildman–Crippen LogP) is -0.388. The van der Waals surface area contributed by atoms with E-state index in [2.05, 4.69) is 0 Å². The fraction of sp³-hybridized carbons (Fsp3) is 0. The SMILES string of the molecule is O=[C-]O.[Fr+]. The van der Waals surface area contributed by atoms with Crippen LogP contribution in [0.25, 0.3) is 0 Å². The first-order chi connectivity index (χ1) is 1.41. The van der Waals surface area contributed by atoms with Crippen molar-refractivity contribution in [2.75, 3.05) is 0 Å². The third kappa shape index (κ3) is 11.5. The minimum Gasteiger partial charge on any atom is -0.665 e. The molecule has 0 heterocycles. The third-order valence-corrected chi connectivity index (χ3v) is 0. The molecular weight excluding hydrogens is 267 g/mol. The van der Waals surface area contributed by atoms with Gasteiger partial charge in [0.25, 0.3) is 0 Å². The number of rotatable bonds is 0. The molecule has 0 fully saturated rings. The van der Waals surface area contributed by atoms with Crippen LogP contribution in [-0.4, -0.2) is 11.6 Å². The number of hydrogen-bond donors (Lipinski definition) is 1. The van der Waals surface area contributed by atoms with Crippen molar-refractivity contribution in [1.82, 2.24) is 0 Å². The molecule has 3 heteroatoms. The van der Waals surface area contributed by atoms with E-state index in [1.54, 1.807) is 0 Å². The molecule has 0 bridgehead atoms. The Morgan fingerprint density at radius 3 is 1.75 bits per heavy atom. The van der Waals surface area contributed by atoms with Crippen LogP contribution in [0, 0.1) is 49.9 Å². The summed E-state index contributed by atoms with van der Waals surface area (Å²) in [4.78, 5) is 8.24. The second-order valence-electron chi connectivity index (χ2n) is 0.0913. The minimum atomic E-state index is 0. The molecule has 0 aliphatic heterocycles. The second kappa shape index (κ2) is 8.95. The van der Waals surface area contributed by atoms with E-state index in [0.29, 0.717) is 6.47 Å². The van der Waals surface area contributed by atoms with E-state index in [1.165, 1.54) is 0 Å². The standard InChI is InChI=1S/CHO2.Fr/c2-1-3;/h(H,2,3);/q-1;+1. The Kier molecular flexibility index (Phi) is 19.9. The third-order valence-electron chi connectivity index (χ3n) is 0. The first-order valence-electron chi connectivity index (χ1n) is 0.428. The molecule has 0 atom stereocenters. The summed E-state index contributed by atoms with van der Waals surface area (Å²) in [6, 6.07) is 0. The summed E-state index contributed by atoms with van der Waals surface area (Å²) in [6.45, 7) is 0.500. The van der Waals surface area contributed by atoms with Gasteiger partial charge in [0, 0.05) is 0 Å². The number of aliphatic hydroxyl groups excluding tert-OH is 1. The topological polar surface area (TPSA) is 37.3 Å². The quantitative estimate of drug-likeness (QED) is 0.608. The van der Waals surface area contributed by atoms with Gasteiger partial charge in [-0.1, -0.05) is 6.47 Å². The van der Waals surface area contributed by atoms with Gasteiger partial charge in [0.1, 0.15) is 0 Å². The van der Waals surface area contributed by atoms with Crippen molar-refractivity contribution in [1.29, 1.82) is 0 Å². The summed E-state index contributed by atoms with van der Waals surface area (Å²) in [5.41, 5.74) is 0. The van der Waals surface area contributed by atoms with Gasteiger partial charge in [0.05, 0.1) is 0 Å². The molecule has 0 aromatic heterocycles. The molecule has 2 nitrogen and oxygen atoms in total. The maximum absolute atomic E-state index is 8.24. The second-order valence-corrected chi connectivity index (χ2v) is 0.0913. The van der Waals surface area contributed by atoms with E-state index in [-0.39, 0.29) is 49.9 Å². The average Bonchev–Trinajstić information content (AvgIpc) is 0.918. The molecule has 0 spiro atoms. The Bertz CT molecular complexity index is 13.5. The van der Waals surface area contributed by atoms with Crippen molar-refractivity contribution in [3.63, 3.8) is 0 Å². The van der Waals surface area contributed by atoms with Crippen molar-refractivity contribution in [2.45, 2.75) is 0 Å². The van der Waals surface area contributed by atoms with Gasteiger partial charge >= 0.3 is 49.9 Å². The Labute approximate surface area is 65.2 Å². The number of hydrogen-bond acceptors (Lipinski definition) is 1. The van der Waals surface area contributed by atoms with Crippen LogP contribution < -0.4 is 0 Å². The van der Waals surface area contributed by atoms with Crippen molar-refractivity contribution >= 4 is 6.47 Å². The van der Waals surface area contributed by atoms with Gasteiger partial charge < -0.3 is 9.90 Å². The summed E-state index contributed by atoms with van der Waals surface area (Å²) < 4.78 is 0. The summed E-state index contributed by atoms with van der Waals surface area (Å²) in [6.07, 6.45) is 0. The van der Waals surface area contributed by atoms with Gasteiger partial charge in [0.2, 0.25) is 0 Å². The van der Waals surface area contributed by atoms with Crippen LogP contribution in [0.5, 0.6) is 0 Å². The first-order valence-corrected chi connectivity index (χ1v) is 0.428. The van der Waals surface area contributed by atoms with E-state index in [0.717, 1.165) is 0 Å². The van der Waals surface area contributed by atoms with Gasteiger partial charge in [-0.15, -0.1) is 0 Å². The van der Waals surface area contributed by atoms with Gasteiger partial charge in [0.15, 0.2) is 0 Å². The van der Waals surface area contributed by atoms with Crippen LogP contribution in [0.2, 0.25) is 0 Å². The normalized spacial score (nSPS) is 3.00. The molecular formula is CHFrO2. The monoisotopic (exact) mass is 268 g/mol. The molecule has 18 valence electrons. The fourth-order valence-electron chi connectivity index (χ4n) is 0. The smallest absolute Gasteiger partial charge is 0.665 e. The van der Waals surface area contributed by atoms with Gasteiger partial charge in [-0.25, -0.2) is 0 Å². The molecule has 4 heavy (non-hydrogen) atoms. The molecule has 0 aliphatic carbocycles. The first kappa shape index (κ1) is 8.91. The summed E-state index contributed by atoms with van der Waals surface area (Å²) >= 11 is 0. The molecule has 0 saturated heterocycles. The molecule has 0 aromatic rings.